The van der Waals surface area contributed by atoms with Crippen molar-refractivity contribution in [2.24, 2.45) is 5.73 Å². The van der Waals surface area contributed by atoms with Crippen LogP contribution in [0.5, 0.6) is 0 Å². The zero-order valence-corrected chi connectivity index (χ0v) is 10.4. The van der Waals surface area contributed by atoms with E-state index in [1.54, 1.807) is 0 Å². The molecule has 0 saturated carbocycles. The number of nitrogens with two attached hydrogens (primary N) is 1. The van der Waals surface area contributed by atoms with E-state index in [4.69, 9.17) is 10.5 Å². The molecule has 0 aliphatic carbocycles. The quantitative estimate of drug-likeness (QED) is 0.528. The molecule has 0 aromatic heterocycles. The van der Waals surface area contributed by atoms with E-state index < -0.39 is 6.09 Å². The van der Waals surface area contributed by atoms with Crippen LogP contribution in [-0.2, 0) is 14.3 Å². The van der Waals surface area contributed by atoms with Crippen LogP contribution in [0.2, 0.25) is 0 Å². The molecule has 18 heavy (non-hydrogen) atoms. The number of amides is 2. The molecule has 0 atom stereocenters. The van der Waals surface area contributed by atoms with Gasteiger partial charge < -0.3 is 25.8 Å². The first kappa shape index (κ1) is 14.7. The van der Waals surface area contributed by atoms with Crippen molar-refractivity contribution in [2.45, 2.75) is 25.4 Å². The summed E-state index contributed by atoms with van der Waals surface area (Å²) < 4.78 is 10.1. The molecule has 0 bridgehead atoms. The van der Waals surface area contributed by atoms with Crippen LogP contribution in [0.3, 0.4) is 0 Å². The second-order valence-corrected chi connectivity index (χ2v) is 4.09. The summed E-state index contributed by atoms with van der Waals surface area (Å²) in [6.07, 6.45) is 1.73. The summed E-state index contributed by atoms with van der Waals surface area (Å²) in [5.74, 6) is -0.114. The van der Waals surface area contributed by atoms with Crippen LogP contribution in [-0.4, -0.2) is 51.0 Å². The molecule has 104 valence electrons. The minimum absolute atomic E-state index is 0.0935. The largest absolute Gasteiger partial charge is 0.448 e. The minimum atomic E-state index is -0.835. The van der Waals surface area contributed by atoms with E-state index in [0.717, 1.165) is 25.9 Å². The molecule has 0 radical (unpaired) electrons. The molecule has 1 fully saturated rings. The van der Waals surface area contributed by atoms with Crippen molar-refractivity contribution in [1.82, 2.24) is 10.6 Å². The van der Waals surface area contributed by atoms with Crippen molar-refractivity contribution < 1.29 is 19.1 Å². The third-order valence-electron chi connectivity index (χ3n) is 2.64. The molecule has 4 N–H and O–H groups in total. The Morgan fingerprint density at radius 1 is 1.28 bits per heavy atom. The number of piperidine rings is 1. The Bertz CT molecular complexity index is 267. The highest BCUT2D eigenvalue weighted by atomic mass is 16.5. The number of nitrogens with one attached hydrogen (secondary N) is 2. The van der Waals surface area contributed by atoms with Gasteiger partial charge in [-0.2, -0.15) is 0 Å². The van der Waals surface area contributed by atoms with Crippen LogP contribution in [0, 0.1) is 0 Å². The lowest BCUT2D eigenvalue weighted by molar-refractivity contribution is -0.122. The molecule has 0 aromatic carbocycles. The van der Waals surface area contributed by atoms with Gasteiger partial charge in [0, 0.05) is 6.42 Å². The van der Waals surface area contributed by atoms with E-state index in [2.05, 4.69) is 15.4 Å². The van der Waals surface area contributed by atoms with Gasteiger partial charge in [0.2, 0.25) is 5.91 Å². The van der Waals surface area contributed by atoms with E-state index in [9.17, 15) is 9.59 Å². The fraction of sp³-hybridized carbons (Fsp3) is 0.818. The highest BCUT2D eigenvalue weighted by molar-refractivity contribution is 5.75. The summed E-state index contributed by atoms with van der Waals surface area (Å²) >= 11 is 0. The molecule has 0 unspecified atom stereocenters. The Kier molecular flexibility index (Phi) is 7.12. The van der Waals surface area contributed by atoms with Gasteiger partial charge >= 0.3 is 6.09 Å². The third kappa shape index (κ3) is 7.08. The number of hydrogen-bond acceptors (Lipinski definition) is 5. The molecule has 7 heteroatoms. The van der Waals surface area contributed by atoms with Gasteiger partial charge in [0.25, 0.3) is 0 Å². The standard InChI is InChI=1S/C11H21N3O4/c12-11(16)18-8-6-14-10(15)3-7-17-9-1-4-13-5-2-9/h9,13H,1-8H2,(H2,12,16)(H,14,15). The van der Waals surface area contributed by atoms with E-state index in [1.165, 1.54) is 0 Å². The first-order valence-corrected chi connectivity index (χ1v) is 6.19. The molecule has 7 nitrogen and oxygen atoms in total. The van der Waals surface area contributed by atoms with E-state index in [0.29, 0.717) is 13.0 Å². The summed E-state index contributed by atoms with van der Waals surface area (Å²) in [5, 5.41) is 5.86. The third-order valence-corrected chi connectivity index (χ3v) is 2.64. The molecule has 1 heterocycles. The number of primary amides is 1. The smallest absolute Gasteiger partial charge is 0.404 e. The maximum Gasteiger partial charge on any atom is 0.404 e. The Balaban J connectivity index is 1.94. The molecule has 0 spiro atoms. The van der Waals surface area contributed by atoms with Gasteiger partial charge in [0.05, 0.1) is 19.3 Å². The number of rotatable bonds is 7. The summed E-state index contributed by atoms with van der Waals surface area (Å²) in [4.78, 5) is 21.6. The van der Waals surface area contributed by atoms with Gasteiger partial charge in [-0.05, 0) is 25.9 Å². The van der Waals surface area contributed by atoms with E-state index in [1.807, 2.05) is 0 Å². The van der Waals surface area contributed by atoms with Crippen LogP contribution in [0.25, 0.3) is 0 Å². The SMILES string of the molecule is NC(=O)OCCNC(=O)CCOC1CCNCC1. The van der Waals surface area contributed by atoms with E-state index >= 15 is 0 Å². The lowest BCUT2D eigenvalue weighted by Gasteiger charge is -2.22. The fourth-order valence-electron chi connectivity index (χ4n) is 1.71. The average molecular weight is 259 g/mol. The second-order valence-electron chi connectivity index (χ2n) is 4.09. The predicted molar refractivity (Wildman–Crippen MR) is 65.0 cm³/mol. The van der Waals surface area contributed by atoms with Crippen LogP contribution in [0.15, 0.2) is 0 Å². The zero-order chi connectivity index (χ0) is 13.2. The Morgan fingerprint density at radius 3 is 2.67 bits per heavy atom. The lowest BCUT2D eigenvalue weighted by atomic mass is 10.1. The molecular weight excluding hydrogens is 238 g/mol. The maximum absolute atomic E-state index is 11.4. The monoisotopic (exact) mass is 259 g/mol. The minimum Gasteiger partial charge on any atom is -0.448 e. The first-order chi connectivity index (χ1) is 8.68. The van der Waals surface area contributed by atoms with Crippen molar-refractivity contribution >= 4 is 12.0 Å². The first-order valence-electron chi connectivity index (χ1n) is 6.19. The lowest BCUT2D eigenvalue weighted by Crippen LogP contribution is -2.34. The summed E-state index contributed by atoms with van der Waals surface area (Å²) in [5.41, 5.74) is 4.77. The van der Waals surface area contributed by atoms with Crippen molar-refractivity contribution in [2.75, 3.05) is 32.8 Å². The molecular formula is C11H21N3O4. The number of ether oxygens (including phenoxy) is 2. The Hall–Kier alpha value is -1.34. The molecule has 1 saturated heterocycles. The van der Waals surface area contributed by atoms with Crippen molar-refractivity contribution in [3.05, 3.63) is 0 Å². The molecule has 1 aliphatic heterocycles. The van der Waals surface area contributed by atoms with Crippen molar-refractivity contribution in [3.63, 3.8) is 0 Å². The molecule has 1 aliphatic rings. The van der Waals surface area contributed by atoms with Gasteiger partial charge in [0.1, 0.15) is 6.61 Å². The highest BCUT2D eigenvalue weighted by Gasteiger charge is 2.13. The van der Waals surface area contributed by atoms with Crippen molar-refractivity contribution in [3.8, 4) is 0 Å². The summed E-state index contributed by atoms with van der Waals surface area (Å²) in [7, 11) is 0. The number of carbonyl (C=O) groups excluding carboxylic acids is 2. The summed E-state index contributed by atoms with van der Waals surface area (Å²) in [6, 6.07) is 0. The fourth-order valence-corrected chi connectivity index (χ4v) is 1.71. The zero-order valence-electron chi connectivity index (χ0n) is 10.4. The normalized spacial score (nSPS) is 16.2. The maximum atomic E-state index is 11.4. The molecule has 1 rings (SSSR count). The van der Waals surface area contributed by atoms with Crippen LogP contribution in [0.1, 0.15) is 19.3 Å². The van der Waals surface area contributed by atoms with Crippen molar-refractivity contribution in [1.29, 1.82) is 0 Å². The van der Waals surface area contributed by atoms with Crippen LogP contribution in [0.4, 0.5) is 4.79 Å². The highest BCUT2D eigenvalue weighted by Crippen LogP contribution is 2.07. The van der Waals surface area contributed by atoms with Gasteiger partial charge in [-0.3, -0.25) is 4.79 Å². The second kappa shape index (κ2) is 8.71. The predicted octanol–water partition coefficient (Wildman–Crippen LogP) is -0.643. The van der Waals surface area contributed by atoms with Crippen LogP contribution >= 0.6 is 0 Å². The topological polar surface area (TPSA) is 103 Å². The number of hydrogen-bond donors (Lipinski definition) is 3. The van der Waals surface area contributed by atoms with Gasteiger partial charge in [0.15, 0.2) is 0 Å². The Morgan fingerprint density at radius 2 is 2.00 bits per heavy atom. The van der Waals surface area contributed by atoms with E-state index in [-0.39, 0.29) is 25.2 Å². The molecule has 2 amide bonds. The Labute approximate surface area is 106 Å². The number of carbonyl (C=O) groups is 2. The summed E-state index contributed by atoms with van der Waals surface area (Å²) in [6.45, 7) is 2.74. The van der Waals surface area contributed by atoms with Gasteiger partial charge in [-0.25, -0.2) is 4.79 Å². The van der Waals surface area contributed by atoms with Crippen LogP contribution < -0.4 is 16.4 Å². The molecule has 0 aromatic rings. The van der Waals surface area contributed by atoms with Gasteiger partial charge in [-0.1, -0.05) is 0 Å². The van der Waals surface area contributed by atoms with Gasteiger partial charge in [-0.15, -0.1) is 0 Å². The average Bonchev–Trinajstić information content (AvgIpc) is 2.36.